The molecule has 1 N–H and O–H groups in total. The number of thiophene rings is 1. The van der Waals surface area contributed by atoms with E-state index in [-0.39, 0.29) is 0 Å². The lowest BCUT2D eigenvalue weighted by atomic mass is 10.2. The van der Waals surface area contributed by atoms with Crippen LogP contribution in [0.25, 0.3) is 10.1 Å². The molecule has 2 aromatic carbocycles. The second kappa shape index (κ2) is 6.60. The molecule has 0 bridgehead atoms. The van der Waals surface area contributed by atoms with Gasteiger partial charge in [0.25, 0.3) is 0 Å². The highest BCUT2D eigenvalue weighted by atomic mass is 79.9. The number of halogens is 1. The number of hydrogen-bond acceptors (Lipinski definition) is 3. The lowest BCUT2D eigenvalue weighted by Gasteiger charge is -2.09. The van der Waals surface area contributed by atoms with Crippen LogP contribution < -0.4 is 10.1 Å². The monoisotopic (exact) mass is 361 g/mol. The van der Waals surface area contributed by atoms with E-state index in [2.05, 4.69) is 57.0 Å². The number of benzene rings is 2. The van der Waals surface area contributed by atoms with Gasteiger partial charge in [-0.1, -0.05) is 34.1 Å². The maximum Gasteiger partial charge on any atom is 0.120 e. The van der Waals surface area contributed by atoms with Crippen molar-refractivity contribution < 1.29 is 4.74 Å². The molecular weight excluding hydrogens is 346 g/mol. The first-order valence-corrected chi connectivity index (χ1v) is 8.46. The Bertz CT molecular complexity index is 753. The van der Waals surface area contributed by atoms with E-state index in [9.17, 15) is 0 Å². The Kier molecular flexibility index (Phi) is 4.58. The molecule has 0 atom stereocenters. The van der Waals surface area contributed by atoms with Crippen LogP contribution in [-0.2, 0) is 13.2 Å². The zero-order valence-corrected chi connectivity index (χ0v) is 14.1. The Balaban J connectivity index is 1.77. The number of fused-ring (bicyclic) bond motifs is 1. The van der Waals surface area contributed by atoms with Crippen molar-refractivity contribution in [3.05, 3.63) is 63.4 Å². The van der Waals surface area contributed by atoms with Gasteiger partial charge in [0.2, 0.25) is 0 Å². The molecule has 0 unspecified atom stereocenters. The van der Waals surface area contributed by atoms with Crippen molar-refractivity contribution in [2.24, 2.45) is 0 Å². The Morgan fingerprint density at radius 2 is 2.00 bits per heavy atom. The predicted octanol–water partition coefficient (Wildman–Crippen LogP) is 4.96. The number of ether oxygens (including phenoxy) is 1. The van der Waals surface area contributed by atoms with Gasteiger partial charge in [0.05, 0.1) is 0 Å². The van der Waals surface area contributed by atoms with Crippen molar-refractivity contribution in [2.45, 2.75) is 13.2 Å². The quantitative estimate of drug-likeness (QED) is 0.693. The van der Waals surface area contributed by atoms with E-state index in [1.54, 1.807) is 11.3 Å². The summed E-state index contributed by atoms with van der Waals surface area (Å²) in [7, 11) is 1.94. The summed E-state index contributed by atoms with van der Waals surface area (Å²) in [5.41, 5.74) is 2.44. The zero-order chi connectivity index (χ0) is 14.7. The van der Waals surface area contributed by atoms with E-state index in [0.29, 0.717) is 6.61 Å². The Hall–Kier alpha value is -1.36. The molecule has 0 aliphatic heterocycles. The maximum atomic E-state index is 5.96. The van der Waals surface area contributed by atoms with Gasteiger partial charge in [0, 0.05) is 21.3 Å². The maximum absolute atomic E-state index is 5.96. The van der Waals surface area contributed by atoms with Crippen molar-refractivity contribution in [2.75, 3.05) is 7.05 Å². The minimum atomic E-state index is 0.602. The predicted molar refractivity (Wildman–Crippen MR) is 93.1 cm³/mol. The average Bonchev–Trinajstić information content (AvgIpc) is 2.92. The first kappa shape index (κ1) is 14.6. The highest BCUT2D eigenvalue weighted by Crippen LogP contribution is 2.28. The molecule has 0 amide bonds. The summed E-state index contributed by atoms with van der Waals surface area (Å²) in [4.78, 5) is 0. The topological polar surface area (TPSA) is 21.3 Å². The van der Waals surface area contributed by atoms with Gasteiger partial charge in [-0.05, 0) is 47.6 Å². The fraction of sp³-hybridized carbons (Fsp3) is 0.176. The van der Waals surface area contributed by atoms with E-state index < -0.39 is 0 Å². The lowest BCUT2D eigenvalue weighted by Crippen LogP contribution is -2.06. The molecule has 0 fully saturated rings. The summed E-state index contributed by atoms with van der Waals surface area (Å²) in [6.07, 6.45) is 0. The molecule has 108 valence electrons. The molecule has 0 radical (unpaired) electrons. The lowest BCUT2D eigenvalue weighted by molar-refractivity contribution is 0.307. The average molecular weight is 362 g/mol. The number of hydrogen-bond donors (Lipinski definition) is 1. The van der Waals surface area contributed by atoms with Crippen LogP contribution in [0.5, 0.6) is 5.75 Å². The van der Waals surface area contributed by atoms with E-state index in [1.165, 1.54) is 21.2 Å². The van der Waals surface area contributed by atoms with Crippen LogP contribution in [0.1, 0.15) is 11.1 Å². The van der Waals surface area contributed by atoms with Crippen molar-refractivity contribution >= 4 is 37.4 Å². The normalized spacial score (nSPS) is 11.0. The molecule has 0 saturated heterocycles. The van der Waals surface area contributed by atoms with Gasteiger partial charge in [0.1, 0.15) is 12.4 Å². The van der Waals surface area contributed by atoms with Gasteiger partial charge >= 0.3 is 0 Å². The first-order chi connectivity index (χ1) is 10.3. The zero-order valence-electron chi connectivity index (χ0n) is 11.7. The standard InChI is InChI=1S/C17H16BrNOS/c1-19-9-12-8-14(6-7-16(12)18)20-10-13-11-21-17-5-3-2-4-15(13)17/h2-8,11,19H,9-10H2,1H3. The minimum Gasteiger partial charge on any atom is -0.489 e. The van der Waals surface area contributed by atoms with Crippen LogP contribution in [0.15, 0.2) is 52.3 Å². The Morgan fingerprint density at radius 3 is 2.86 bits per heavy atom. The molecule has 3 rings (SSSR count). The van der Waals surface area contributed by atoms with Crippen molar-refractivity contribution in [3.63, 3.8) is 0 Å². The SMILES string of the molecule is CNCc1cc(OCc2csc3ccccc23)ccc1Br. The van der Waals surface area contributed by atoms with Crippen LogP contribution in [0, 0.1) is 0 Å². The molecule has 2 nitrogen and oxygen atoms in total. The minimum absolute atomic E-state index is 0.602. The largest absolute Gasteiger partial charge is 0.489 e. The molecule has 0 aliphatic carbocycles. The fourth-order valence-electron chi connectivity index (χ4n) is 2.27. The molecule has 1 heterocycles. The summed E-state index contributed by atoms with van der Waals surface area (Å²) in [6, 6.07) is 14.6. The summed E-state index contributed by atoms with van der Waals surface area (Å²) in [6.45, 7) is 1.42. The summed E-state index contributed by atoms with van der Waals surface area (Å²) < 4.78 is 8.37. The van der Waals surface area contributed by atoms with Crippen molar-refractivity contribution in [1.29, 1.82) is 0 Å². The van der Waals surface area contributed by atoms with E-state index >= 15 is 0 Å². The smallest absolute Gasteiger partial charge is 0.120 e. The highest BCUT2D eigenvalue weighted by Gasteiger charge is 2.06. The third kappa shape index (κ3) is 3.28. The van der Waals surface area contributed by atoms with Crippen LogP contribution in [0.2, 0.25) is 0 Å². The highest BCUT2D eigenvalue weighted by molar-refractivity contribution is 9.10. The van der Waals surface area contributed by atoms with Gasteiger partial charge in [0.15, 0.2) is 0 Å². The van der Waals surface area contributed by atoms with Gasteiger partial charge in [-0.3, -0.25) is 0 Å². The molecule has 21 heavy (non-hydrogen) atoms. The first-order valence-electron chi connectivity index (χ1n) is 6.79. The Labute approximate surface area is 136 Å². The Morgan fingerprint density at radius 1 is 1.14 bits per heavy atom. The molecule has 4 heteroatoms. The third-order valence-corrected chi connectivity index (χ3v) is 5.13. The second-order valence-corrected chi connectivity index (χ2v) is 6.59. The van der Waals surface area contributed by atoms with Crippen LogP contribution in [-0.4, -0.2) is 7.05 Å². The van der Waals surface area contributed by atoms with Crippen LogP contribution >= 0.6 is 27.3 Å². The van der Waals surface area contributed by atoms with E-state index in [4.69, 9.17) is 4.74 Å². The van der Waals surface area contributed by atoms with E-state index in [1.807, 2.05) is 19.2 Å². The number of nitrogens with one attached hydrogen (secondary N) is 1. The molecule has 0 saturated carbocycles. The molecule has 3 aromatic rings. The van der Waals surface area contributed by atoms with Crippen molar-refractivity contribution in [1.82, 2.24) is 5.32 Å². The van der Waals surface area contributed by atoms with Gasteiger partial charge in [-0.25, -0.2) is 0 Å². The second-order valence-electron chi connectivity index (χ2n) is 4.83. The fourth-order valence-corrected chi connectivity index (χ4v) is 3.61. The summed E-state index contributed by atoms with van der Waals surface area (Å²) in [5, 5.41) is 6.63. The van der Waals surface area contributed by atoms with Gasteiger partial charge in [-0.2, -0.15) is 0 Å². The third-order valence-electron chi connectivity index (χ3n) is 3.34. The number of rotatable bonds is 5. The molecule has 0 aliphatic rings. The molecule has 1 aromatic heterocycles. The van der Waals surface area contributed by atoms with Gasteiger partial charge in [-0.15, -0.1) is 11.3 Å². The van der Waals surface area contributed by atoms with Crippen LogP contribution in [0.4, 0.5) is 0 Å². The van der Waals surface area contributed by atoms with E-state index in [0.717, 1.165) is 16.8 Å². The van der Waals surface area contributed by atoms with Gasteiger partial charge < -0.3 is 10.1 Å². The summed E-state index contributed by atoms with van der Waals surface area (Å²) in [5.74, 6) is 0.902. The van der Waals surface area contributed by atoms with Crippen LogP contribution in [0.3, 0.4) is 0 Å². The van der Waals surface area contributed by atoms with Crippen molar-refractivity contribution in [3.8, 4) is 5.75 Å². The molecule has 0 spiro atoms. The molecular formula is C17H16BrNOS. The summed E-state index contributed by atoms with van der Waals surface area (Å²) >= 11 is 5.33.